The van der Waals surface area contributed by atoms with Gasteiger partial charge in [0.15, 0.2) is 6.29 Å². The standard InChI is InChI=1S/C16H30O2/c1-6-7-10-17-14(5)18-16-11-15(12(2)3)9-8-13(16)4/h12,14-16H,4,6-11H2,1-3,5H3/t14?,15-,16?/m1/s1. The number of ether oxygens (including phenoxy) is 2. The molecule has 1 aliphatic carbocycles. The molecule has 2 unspecified atom stereocenters. The van der Waals surface area contributed by atoms with Crippen molar-refractivity contribution in [2.24, 2.45) is 11.8 Å². The van der Waals surface area contributed by atoms with Crippen molar-refractivity contribution in [1.82, 2.24) is 0 Å². The Morgan fingerprint density at radius 1 is 1.33 bits per heavy atom. The highest BCUT2D eigenvalue weighted by molar-refractivity contribution is 5.07. The van der Waals surface area contributed by atoms with Crippen molar-refractivity contribution in [2.75, 3.05) is 6.61 Å². The largest absolute Gasteiger partial charge is 0.353 e. The van der Waals surface area contributed by atoms with E-state index in [1.165, 1.54) is 12.0 Å². The smallest absolute Gasteiger partial charge is 0.155 e. The first kappa shape index (κ1) is 15.7. The van der Waals surface area contributed by atoms with Crippen LogP contribution in [-0.4, -0.2) is 19.0 Å². The Morgan fingerprint density at radius 3 is 2.67 bits per heavy atom. The van der Waals surface area contributed by atoms with Crippen LogP contribution in [0.1, 0.15) is 59.8 Å². The van der Waals surface area contributed by atoms with E-state index < -0.39 is 0 Å². The van der Waals surface area contributed by atoms with E-state index in [0.29, 0.717) is 0 Å². The van der Waals surface area contributed by atoms with Gasteiger partial charge in [-0.3, -0.25) is 0 Å². The molecule has 0 spiro atoms. The lowest BCUT2D eigenvalue weighted by atomic mass is 9.78. The van der Waals surface area contributed by atoms with Gasteiger partial charge in [-0.05, 0) is 50.0 Å². The fourth-order valence-corrected chi connectivity index (χ4v) is 2.51. The maximum absolute atomic E-state index is 6.01. The van der Waals surface area contributed by atoms with E-state index >= 15 is 0 Å². The minimum atomic E-state index is -0.107. The number of hydrogen-bond donors (Lipinski definition) is 0. The second-order valence-electron chi connectivity index (χ2n) is 5.85. The molecule has 0 heterocycles. The highest BCUT2D eigenvalue weighted by Crippen LogP contribution is 2.34. The third kappa shape index (κ3) is 5.11. The monoisotopic (exact) mass is 254 g/mol. The van der Waals surface area contributed by atoms with Crippen LogP contribution in [0.4, 0.5) is 0 Å². The third-order valence-corrected chi connectivity index (χ3v) is 3.96. The van der Waals surface area contributed by atoms with Crippen LogP contribution in [0.15, 0.2) is 12.2 Å². The molecule has 3 atom stereocenters. The maximum Gasteiger partial charge on any atom is 0.155 e. The minimum Gasteiger partial charge on any atom is -0.353 e. The summed E-state index contributed by atoms with van der Waals surface area (Å²) < 4.78 is 11.7. The van der Waals surface area contributed by atoms with Gasteiger partial charge in [-0.25, -0.2) is 0 Å². The molecular weight excluding hydrogens is 224 g/mol. The predicted molar refractivity (Wildman–Crippen MR) is 76.5 cm³/mol. The number of hydrogen-bond acceptors (Lipinski definition) is 2. The highest BCUT2D eigenvalue weighted by atomic mass is 16.7. The van der Waals surface area contributed by atoms with Gasteiger partial charge >= 0.3 is 0 Å². The van der Waals surface area contributed by atoms with Crippen LogP contribution < -0.4 is 0 Å². The summed E-state index contributed by atoms with van der Waals surface area (Å²) in [4.78, 5) is 0. The van der Waals surface area contributed by atoms with E-state index in [1.807, 2.05) is 6.92 Å². The van der Waals surface area contributed by atoms with Gasteiger partial charge in [-0.1, -0.05) is 33.8 Å². The molecule has 0 aromatic heterocycles. The number of unbranched alkanes of at least 4 members (excludes halogenated alkanes) is 1. The maximum atomic E-state index is 6.01. The van der Waals surface area contributed by atoms with Crippen molar-refractivity contribution < 1.29 is 9.47 Å². The molecule has 18 heavy (non-hydrogen) atoms. The summed E-state index contributed by atoms with van der Waals surface area (Å²) in [5.74, 6) is 1.50. The van der Waals surface area contributed by atoms with E-state index in [0.717, 1.165) is 44.1 Å². The summed E-state index contributed by atoms with van der Waals surface area (Å²) in [7, 11) is 0. The zero-order chi connectivity index (χ0) is 13.5. The molecule has 0 saturated heterocycles. The molecule has 106 valence electrons. The van der Waals surface area contributed by atoms with Crippen LogP contribution >= 0.6 is 0 Å². The summed E-state index contributed by atoms with van der Waals surface area (Å²) in [6.45, 7) is 13.7. The minimum absolute atomic E-state index is 0.107. The van der Waals surface area contributed by atoms with E-state index in [4.69, 9.17) is 9.47 Å². The van der Waals surface area contributed by atoms with Gasteiger partial charge in [0.05, 0.1) is 6.10 Å². The van der Waals surface area contributed by atoms with E-state index in [9.17, 15) is 0 Å². The van der Waals surface area contributed by atoms with Crippen LogP contribution in [-0.2, 0) is 9.47 Å². The van der Waals surface area contributed by atoms with Crippen LogP contribution in [0, 0.1) is 11.8 Å². The fraction of sp³-hybridized carbons (Fsp3) is 0.875. The van der Waals surface area contributed by atoms with Gasteiger partial charge in [0.1, 0.15) is 0 Å². The molecule has 0 bridgehead atoms. The Kier molecular flexibility index (Phi) is 6.95. The quantitative estimate of drug-likeness (QED) is 0.377. The van der Waals surface area contributed by atoms with Gasteiger partial charge in [-0.15, -0.1) is 0 Å². The van der Waals surface area contributed by atoms with Crippen molar-refractivity contribution in [3.05, 3.63) is 12.2 Å². The lowest BCUT2D eigenvalue weighted by Crippen LogP contribution is -2.31. The molecule has 0 aromatic carbocycles. The SMILES string of the molecule is C=C1CC[C@@H](C(C)C)CC1OC(C)OCCCC. The second kappa shape index (κ2) is 7.96. The average Bonchev–Trinajstić information content (AvgIpc) is 2.32. The molecule has 1 rings (SSSR count). The Bertz CT molecular complexity index is 247. The topological polar surface area (TPSA) is 18.5 Å². The van der Waals surface area contributed by atoms with Gasteiger partial charge in [0.2, 0.25) is 0 Å². The molecule has 2 nitrogen and oxygen atoms in total. The molecule has 0 aliphatic heterocycles. The van der Waals surface area contributed by atoms with Crippen molar-refractivity contribution in [3.8, 4) is 0 Å². The van der Waals surface area contributed by atoms with Crippen LogP contribution in [0.25, 0.3) is 0 Å². The summed E-state index contributed by atoms with van der Waals surface area (Å²) in [6.07, 6.45) is 5.84. The van der Waals surface area contributed by atoms with E-state index in [-0.39, 0.29) is 12.4 Å². The first-order valence-corrected chi connectivity index (χ1v) is 7.49. The Labute approximate surface area is 113 Å². The first-order chi connectivity index (χ1) is 8.54. The van der Waals surface area contributed by atoms with Gasteiger partial charge < -0.3 is 9.47 Å². The summed E-state index contributed by atoms with van der Waals surface area (Å²) in [6, 6.07) is 0. The zero-order valence-corrected chi connectivity index (χ0v) is 12.6. The van der Waals surface area contributed by atoms with Crippen LogP contribution in [0.3, 0.4) is 0 Å². The normalized spacial score (nSPS) is 26.6. The van der Waals surface area contributed by atoms with Gasteiger partial charge in [-0.2, -0.15) is 0 Å². The molecule has 1 saturated carbocycles. The van der Waals surface area contributed by atoms with Gasteiger partial charge in [0, 0.05) is 6.61 Å². The van der Waals surface area contributed by atoms with Crippen LogP contribution in [0.2, 0.25) is 0 Å². The van der Waals surface area contributed by atoms with Crippen molar-refractivity contribution >= 4 is 0 Å². The van der Waals surface area contributed by atoms with Crippen LogP contribution in [0.5, 0.6) is 0 Å². The number of rotatable bonds is 7. The molecule has 2 heteroatoms. The Balaban J connectivity index is 2.36. The molecule has 0 radical (unpaired) electrons. The highest BCUT2D eigenvalue weighted by Gasteiger charge is 2.28. The third-order valence-electron chi connectivity index (χ3n) is 3.96. The molecule has 0 aromatic rings. The first-order valence-electron chi connectivity index (χ1n) is 7.49. The summed E-state index contributed by atoms with van der Waals surface area (Å²) in [5, 5.41) is 0. The lowest BCUT2D eigenvalue weighted by molar-refractivity contribution is -0.159. The average molecular weight is 254 g/mol. The molecule has 0 amide bonds. The molecule has 1 fully saturated rings. The van der Waals surface area contributed by atoms with Gasteiger partial charge in [0.25, 0.3) is 0 Å². The van der Waals surface area contributed by atoms with E-state index in [2.05, 4.69) is 27.4 Å². The summed E-state index contributed by atoms with van der Waals surface area (Å²) >= 11 is 0. The van der Waals surface area contributed by atoms with Crippen molar-refractivity contribution in [1.29, 1.82) is 0 Å². The molecular formula is C16H30O2. The zero-order valence-electron chi connectivity index (χ0n) is 12.6. The fourth-order valence-electron chi connectivity index (χ4n) is 2.51. The molecule has 1 aliphatic rings. The summed E-state index contributed by atoms with van der Waals surface area (Å²) in [5.41, 5.74) is 1.25. The second-order valence-corrected chi connectivity index (χ2v) is 5.85. The van der Waals surface area contributed by atoms with Crippen molar-refractivity contribution in [3.63, 3.8) is 0 Å². The van der Waals surface area contributed by atoms with E-state index in [1.54, 1.807) is 0 Å². The van der Waals surface area contributed by atoms with Crippen molar-refractivity contribution in [2.45, 2.75) is 72.2 Å². The lowest BCUT2D eigenvalue weighted by Gasteiger charge is -2.34. The Hall–Kier alpha value is -0.340. The molecule has 0 N–H and O–H groups in total. The Morgan fingerprint density at radius 2 is 2.06 bits per heavy atom. The predicted octanol–water partition coefficient (Wildman–Crippen LogP) is 4.55.